The number of H-pyrrole nitrogens is 1. The molecule has 158 valence electrons. The van der Waals surface area contributed by atoms with Crippen LogP contribution in [0.25, 0.3) is 26.6 Å². The third-order valence-corrected chi connectivity index (χ3v) is 6.58. The summed E-state index contributed by atoms with van der Waals surface area (Å²) in [4.78, 5) is 20.5. The molecule has 1 aliphatic heterocycles. The molecule has 2 aromatic heterocycles. The summed E-state index contributed by atoms with van der Waals surface area (Å²) < 4.78 is 2.59. The van der Waals surface area contributed by atoms with Crippen LogP contribution in [0.4, 0.5) is 0 Å². The van der Waals surface area contributed by atoms with E-state index in [0.717, 1.165) is 47.7 Å². The van der Waals surface area contributed by atoms with Crippen LogP contribution in [0.15, 0.2) is 64.5 Å². The Morgan fingerprint density at radius 2 is 1.74 bits per heavy atom. The summed E-state index contributed by atoms with van der Waals surface area (Å²) in [5.74, 6) is 0. The number of para-hydroxylation sites is 1. The molecule has 0 atom stereocenters. The van der Waals surface area contributed by atoms with Gasteiger partial charge >= 0.3 is 0 Å². The van der Waals surface area contributed by atoms with Gasteiger partial charge in [0.05, 0.1) is 27.2 Å². The van der Waals surface area contributed by atoms with E-state index < -0.39 is 0 Å². The van der Waals surface area contributed by atoms with Crippen molar-refractivity contribution < 1.29 is 0 Å². The van der Waals surface area contributed by atoms with Crippen molar-refractivity contribution in [2.45, 2.75) is 6.92 Å². The first kappa shape index (κ1) is 19.7. The zero-order valence-corrected chi connectivity index (χ0v) is 18.4. The Kier molecular flexibility index (Phi) is 5.17. The van der Waals surface area contributed by atoms with Gasteiger partial charge in [0.25, 0.3) is 5.56 Å². The van der Waals surface area contributed by atoms with E-state index in [1.165, 1.54) is 11.3 Å². The number of nitrogens with one attached hydrogen (secondary N) is 1. The van der Waals surface area contributed by atoms with Crippen LogP contribution in [0, 0.1) is 0 Å². The molecule has 2 aromatic carbocycles. The normalized spacial score (nSPS) is 15.7. The largest absolute Gasteiger partial charge is 0.303 e. The minimum Gasteiger partial charge on any atom is -0.303 e. The SMILES string of the molecule is C/C(=N\N1CCN(C)CC1)c1c(-c2ccccc2)[nH]n(-c2nc3ccccc3s2)c1=O. The maximum Gasteiger partial charge on any atom is 0.283 e. The molecule has 0 spiro atoms. The Morgan fingerprint density at radius 3 is 2.48 bits per heavy atom. The molecule has 5 rings (SSSR count). The molecule has 31 heavy (non-hydrogen) atoms. The van der Waals surface area contributed by atoms with Gasteiger partial charge in [-0.1, -0.05) is 53.8 Å². The van der Waals surface area contributed by atoms with Crippen molar-refractivity contribution in [2.24, 2.45) is 5.10 Å². The Morgan fingerprint density at radius 1 is 1.03 bits per heavy atom. The molecule has 1 fully saturated rings. The van der Waals surface area contributed by atoms with E-state index in [0.29, 0.717) is 16.4 Å². The van der Waals surface area contributed by atoms with Crippen molar-refractivity contribution in [3.05, 3.63) is 70.5 Å². The second kappa shape index (κ2) is 8.13. The Hall–Kier alpha value is -3.23. The number of hydrogen-bond donors (Lipinski definition) is 1. The van der Waals surface area contributed by atoms with Crippen LogP contribution in [0.2, 0.25) is 0 Å². The number of hydrogen-bond acceptors (Lipinski definition) is 6. The molecule has 0 unspecified atom stereocenters. The van der Waals surface area contributed by atoms with E-state index in [-0.39, 0.29) is 5.56 Å². The molecule has 3 heterocycles. The summed E-state index contributed by atoms with van der Waals surface area (Å²) in [6, 6.07) is 17.8. The molecule has 7 nitrogen and oxygen atoms in total. The topological polar surface area (TPSA) is 69.5 Å². The van der Waals surface area contributed by atoms with E-state index in [4.69, 9.17) is 5.10 Å². The minimum absolute atomic E-state index is 0.131. The molecule has 0 radical (unpaired) electrons. The number of aromatic nitrogens is 3. The summed E-state index contributed by atoms with van der Waals surface area (Å²) in [7, 11) is 2.12. The van der Waals surface area contributed by atoms with E-state index >= 15 is 0 Å². The van der Waals surface area contributed by atoms with Crippen LogP contribution in [-0.4, -0.2) is 63.6 Å². The highest BCUT2D eigenvalue weighted by atomic mass is 32.1. The van der Waals surface area contributed by atoms with Gasteiger partial charge in [0.2, 0.25) is 5.13 Å². The molecule has 0 saturated carbocycles. The molecular formula is C23H24N6OS. The van der Waals surface area contributed by atoms with Gasteiger partial charge in [0, 0.05) is 31.7 Å². The summed E-state index contributed by atoms with van der Waals surface area (Å²) in [6.07, 6.45) is 0. The van der Waals surface area contributed by atoms with Gasteiger partial charge in [0.1, 0.15) is 0 Å². The molecule has 1 aliphatic rings. The van der Waals surface area contributed by atoms with Crippen molar-refractivity contribution in [3.8, 4) is 16.4 Å². The maximum absolute atomic E-state index is 13.6. The lowest BCUT2D eigenvalue weighted by Gasteiger charge is -2.30. The first-order valence-electron chi connectivity index (χ1n) is 10.4. The Labute approximate surface area is 184 Å². The number of fused-ring (bicyclic) bond motifs is 1. The van der Waals surface area contributed by atoms with Gasteiger partial charge in [-0.3, -0.25) is 14.9 Å². The zero-order chi connectivity index (χ0) is 21.4. The van der Waals surface area contributed by atoms with Crippen molar-refractivity contribution in [2.75, 3.05) is 33.2 Å². The highest BCUT2D eigenvalue weighted by Crippen LogP contribution is 2.26. The molecular weight excluding hydrogens is 408 g/mol. The Bertz CT molecular complexity index is 1260. The lowest BCUT2D eigenvalue weighted by molar-refractivity contribution is 0.159. The number of aromatic amines is 1. The number of piperazine rings is 1. The quantitative estimate of drug-likeness (QED) is 0.502. The zero-order valence-electron chi connectivity index (χ0n) is 17.6. The number of thiazole rings is 1. The van der Waals surface area contributed by atoms with Gasteiger partial charge in [-0.15, -0.1) is 0 Å². The fourth-order valence-electron chi connectivity index (χ4n) is 3.83. The minimum atomic E-state index is -0.131. The van der Waals surface area contributed by atoms with E-state index in [1.807, 2.05) is 61.5 Å². The maximum atomic E-state index is 13.6. The first-order valence-corrected chi connectivity index (χ1v) is 11.2. The van der Waals surface area contributed by atoms with Crippen molar-refractivity contribution in [1.82, 2.24) is 24.7 Å². The summed E-state index contributed by atoms with van der Waals surface area (Å²) >= 11 is 1.49. The summed E-state index contributed by atoms with van der Waals surface area (Å²) in [6.45, 7) is 5.55. The van der Waals surface area contributed by atoms with Crippen LogP contribution < -0.4 is 5.56 Å². The standard InChI is InChI=1S/C23H24N6OS/c1-16(25-28-14-12-27(2)13-15-28)20-21(17-8-4-3-5-9-17)26-29(22(20)30)23-24-18-10-6-7-11-19(18)31-23/h3-11,26H,12-15H2,1-2H3/b25-16+. The number of benzene rings is 2. The average Bonchev–Trinajstić information content (AvgIpc) is 3.37. The lowest BCUT2D eigenvalue weighted by atomic mass is 10.1. The molecule has 1 N–H and O–H groups in total. The van der Waals surface area contributed by atoms with Crippen molar-refractivity contribution in [1.29, 1.82) is 0 Å². The molecule has 0 amide bonds. The summed E-state index contributed by atoms with van der Waals surface area (Å²) in [5.41, 5.74) is 3.76. The monoisotopic (exact) mass is 432 g/mol. The van der Waals surface area contributed by atoms with E-state index in [1.54, 1.807) is 4.68 Å². The number of nitrogens with zero attached hydrogens (tertiary/aromatic N) is 5. The fraction of sp³-hybridized carbons (Fsp3) is 0.261. The molecule has 0 aliphatic carbocycles. The predicted octanol–water partition coefficient (Wildman–Crippen LogP) is 3.41. The highest BCUT2D eigenvalue weighted by molar-refractivity contribution is 7.20. The number of rotatable bonds is 4. The number of likely N-dealkylation sites (N-methyl/N-ethyl adjacent to an activating group) is 1. The van der Waals surface area contributed by atoms with E-state index in [9.17, 15) is 4.79 Å². The lowest BCUT2D eigenvalue weighted by Crippen LogP contribution is -2.42. The van der Waals surface area contributed by atoms with Crippen LogP contribution in [-0.2, 0) is 0 Å². The fourth-order valence-corrected chi connectivity index (χ4v) is 4.76. The molecule has 8 heteroatoms. The van der Waals surface area contributed by atoms with Crippen LogP contribution in [0.3, 0.4) is 0 Å². The van der Waals surface area contributed by atoms with Gasteiger partial charge in [-0.05, 0) is 26.1 Å². The smallest absolute Gasteiger partial charge is 0.283 e. The number of hydrazone groups is 1. The van der Waals surface area contributed by atoms with Gasteiger partial charge in [-0.2, -0.15) is 9.78 Å². The third-order valence-electron chi connectivity index (χ3n) is 5.56. The second-order valence-electron chi connectivity index (χ2n) is 7.77. The predicted molar refractivity (Wildman–Crippen MR) is 126 cm³/mol. The Balaban J connectivity index is 1.63. The molecule has 0 bridgehead atoms. The third kappa shape index (κ3) is 3.80. The van der Waals surface area contributed by atoms with Crippen molar-refractivity contribution >= 4 is 27.3 Å². The summed E-state index contributed by atoms with van der Waals surface area (Å²) in [5, 5.41) is 10.8. The van der Waals surface area contributed by atoms with Gasteiger partial charge in [0.15, 0.2) is 0 Å². The van der Waals surface area contributed by atoms with Crippen LogP contribution in [0.1, 0.15) is 12.5 Å². The first-order chi connectivity index (χ1) is 15.1. The van der Waals surface area contributed by atoms with Crippen molar-refractivity contribution in [3.63, 3.8) is 0 Å². The highest BCUT2D eigenvalue weighted by Gasteiger charge is 2.22. The van der Waals surface area contributed by atoms with Crippen LogP contribution in [0.5, 0.6) is 0 Å². The van der Waals surface area contributed by atoms with Gasteiger partial charge < -0.3 is 4.90 Å². The second-order valence-corrected chi connectivity index (χ2v) is 8.78. The molecule has 4 aromatic rings. The average molecular weight is 433 g/mol. The van der Waals surface area contributed by atoms with Crippen LogP contribution >= 0.6 is 11.3 Å². The van der Waals surface area contributed by atoms with Gasteiger partial charge in [-0.25, -0.2) is 4.98 Å². The molecule has 1 saturated heterocycles. The van der Waals surface area contributed by atoms with E-state index in [2.05, 4.69) is 27.0 Å².